The highest BCUT2D eigenvalue weighted by Gasteiger charge is 2.08. The van der Waals surface area contributed by atoms with E-state index < -0.39 is 0 Å². The third-order valence-corrected chi connectivity index (χ3v) is 2.69. The van der Waals surface area contributed by atoms with Crippen LogP contribution in [0.15, 0.2) is 43.1 Å². The molecule has 104 valence electrons. The van der Waals surface area contributed by atoms with Crippen molar-refractivity contribution >= 4 is 6.03 Å². The zero-order valence-corrected chi connectivity index (χ0v) is 11.3. The van der Waals surface area contributed by atoms with E-state index in [0.29, 0.717) is 13.1 Å². The fraction of sp³-hybridized carbons (Fsp3) is 0.214. The number of aryl methyl sites for hydroxylation is 1. The summed E-state index contributed by atoms with van der Waals surface area (Å²) in [7, 11) is 1.85. The Morgan fingerprint density at radius 3 is 3.00 bits per heavy atom. The second-order valence-electron chi connectivity index (χ2n) is 4.21. The number of urea groups is 1. The average Bonchev–Trinajstić information content (AvgIpc) is 2.85. The van der Waals surface area contributed by atoms with Crippen LogP contribution in [0.4, 0.5) is 4.79 Å². The summed E-state index contributed by atoms with van der Waals surface area (Å²) in [6.45, 7) is 4.34. The quantitative estimate of drug-likeness (QED) is 0.809. The minimum Gasteiger partial charge on any atom is -0.335 e. The van der Waals surface area contributed by atoms with Crippen LogP contribution in [0.2, 0.25) is 0 Å². The van der Waals surface area contributed by atoms with Crippen molar-refractivity contribution in [3.63, 3.8) is 0 Å². The predicted octanol–water partition coefficient (Wildman–Crippen LogP) is 1.47. The van der Waals surface area contributed by atoms with Crippen molar-refractivity contribution in [2.24, 2.45) is 7.05 Å². The summed E-state index contributed by atoms with van der Waals surface area (Å²) in [6, 6.07) is 7.39. The van der Waals surface area contributed by atoms with E-state index in [1.54, 1.807) is 17.0 Å². The highest BCUT2D eigenvalue weighted by atomic mass is 16.2. The van der Waals surface area contributed by atoms with Gasteiger partial charge >= 0.3 is 6.03 Å². The summed E-state index contributed by atoms with van der Waals surface area (Å²) in [4.78, 5) is 15.7. The summed E-state index contributed by atoms with van der Waals surface area (Å²) in [5, 5.41) is 9.73. The Hall–Kier alpha value is -2.63. The lowest BCUT2D eigenvalue weighted by Crippen LogP contribution is -2.35. The molecule has 2 N–H and O–H groups in total. The molecular formula is C14H17N5O. The summed E-state index contributed by atoms with van der Waals surface area (Å²) in [6.07, 6.45) is 3.36. The van der Waals surface area contributed by atoms with Gasteiger partial charge in [0, 0.05) is 19.8 Å². The van der Waals surface area contributed by atoms with Crippen LogP contribution in [-0.2, 0) is 13.6 Å². The molecule has 0 atom stereocenters. The highest BCUT2D eigenvalue weighted by molar-refractivity contribution is 5.73. The summed E-state index contributed by atoms with van der Waals surface area (Å²) < 4.78 is 1.75. The molecule has 0 aliphatic rings. The first-order valence-corrected chi connectivity index (χ1v) is 6.27. The molecule has 0 aliphatic heterocycles. The molecule has 2 amide bonds. The van der Waals surface area contributed by atoms with Gasteiger partial charge in [-0.1, -0.05) is 12.1 Å². The average molecular weight is 271 g/mol. The summed E-state index contributed by atoms with van der Waals surface area (Å²) in [5.41, 5.74) is 2.54. The molecule has 2 aromatic heterocycles. The molecule has 0 fully saturated rings. The Morgan fingerprint density at radius 2 is 2.30 bits per heavy atom. The normalized spacial score (nSPS) is 10.1. The van der Waals surface area contributed by atoms with E-state index in [0.717, 1.165) is 17.1 Å². The van der Waals surface area contributed by atoms with Gasteiger partial charge in [-0.2, -0.15) is 5.10 Å². The standard InChI is InChI=1S/C14H17N5O/c1-3-7-16-14(20)17-10-11-9-13(19(2)18-11)12-6-4-5-8-15-12/h3-6,8-9H,1,7,10H2,2H3,(H2,16,17,20). The van der Waals surface area contributed by atoms with Gasteiger partial charge in [0.1, 0.15) is 0 Å². The zero-order valence-electron chi connectivity index (χ0n) is 11.3. The van der Waals surface area contributed by atoms with Gasteiger partial charge < -0.3 is 10.6 Å². The number of amides is 2. The zero-order chi connectivity index (χ0) is 14.4. The molecule has 0 spiro atoms. The Bertz CT molecular complexity index is 591. The van der Waals surface area contributed by atoms with Gasteiger partial charge in [-0.15, -0.1) is 6.58 Å². The molecule has 0 saturated heterocycles. The van der Waals surface area contributed by atoms with E-state index in [9.17, 15) is 4.79 Å². The number of carbonyl (C=O) groups excluding carboxylic acids is 1. The molecular weight excluding hydrogens is 254 g/mol. The van der Waals surface area contributed by atoms with Crippen LogP contribution in [0.1, 0.15) is 5.69 Å². The van der Waals surface area contributed by atoms with E-state index in [-0.39, 0.29) is 6.03 Å². The van der Waals surface area contributed by atoms with Gasteiger partial charge in [0.05, 0.1) is 23.6 Å². The molecule has 6 heteroatoms. The molecule has 2 rings (SSSR count). The molecule has 2 aromatic rings. The summed E-state index contributed by atoms with van der Waals surface area (Å²) in [5.74, 6) is 0. The molecule has 0 aromatic carbocycles. The van der Waals surface area contributed by atoms with Gasteiger partial charge in [0.2, 0.25) is 0 Å². The fourth-order valence-corrected chi connectivity index (χ4v) is 1.77. The van der Waals surface area contributed by atoms with Crippen molar-refractivity contribution in [3.05, 3.63) is 48.8 Å². The fourth-order valence-electron chi connectivity index (χ4n) is 1.77. The van der Waals surface area contributed by atoms with Crippen LogP contribution < -0.4 is 10.6 Å². The Balaban J connectivity index is 2.01. The van der Waals surface area contributed by atoms with Crippen molar-refractivity contribution in [2.75, 3.05) is 6.54 Å². The maximum atomic E-state index is 11.4. The van der Waals surface area contributed by atoms with E-state index in [4.69, 9.17) is 0 Å². The smallest absolute Gasteiger partial charge is 0.315 e. The molecule has 20 heavy (non-hydrogen) atoms. The van der Waals surface area contributed by atoms with Crippen LogP contribution in [0.5, 0.6) is 0 Å². The lowest BCUT2D eigenvalue weighted by atomic mass is 10.2. The molecule has 2 heterocycles. The number of nitrogens with zero attached hydrogens (tertiary/aromatic N) is 3. The number of pyridine rings is 1. The molecule has 0 bridgehead atoms. The largest absolute Gasteiger partial charge is 0.335 e. The monoisotopic (exact) mass is 271 g/mol. The van der Waals surface area contributed by atoms with Crippen LogP contribution >= 0.6 is 0 Å². The number of hydrogen-bond donors (Lipinski definition) is 2. The van der Waals surface area contributed by atoms with Gasteiger partial charge in [-0.05, 0) is 18.2 Å². The van der Waals surface area contributed by atoms with Crippen molar-refractivity contribution in [3.8, 4) is 11.4 Å². The SMILES string of the molecule is C=CCNC(=O)NCc1cc(-c2ccccn2)n(C)n1. The van der Waals surface area contributed by atoms with Gasteiger partial charge in [0.15, 0.2) is 0 Å². The van der Waals surface area contributed by atoms with Crippen molar-refractivity contribution in [1.82, 2.24) is 25.4 Å². The van der Waals surface area contributed by atoms with Crippen LogP contribution in [0.3, 0.4) is 0 Å². The minimum absolute atomic E-state index is 0.241. The Kier molecular flexibility index (Phi) is 4.49. The summed E-state index contributed by atoms with van der Waals surface area (Å²) >= 11 is 0. The third-order valence-electron chi connectivity index (χ3n) is 2.69. The Labute approximate surface area is 117 Å². The first kappa shape index (κ1) is 13.8. The molecule has 0 unspecified atom stereocenters. The number of rotatable bonds is 5. The van der Waals surface area contributed by atoms with Gasteiger partial charge in [-0.25, -0.2) is 4.79 Å². The number of nitrogens with one attached hydrogen (secondary N) is 2. The van der Waals surface area contributed by atoms with Crippen molar-refractivity contribution in [2.45, 2.75) is 6.54 Å². The maximum absolute atomic E-state index is 11.4. The second kappa shape index (κ2) is 6.51. The van der Waals surface area contributed by atoms with Crippen LogP contribution in [0.25, 0.3) is 11.4 Å². The molecule has 0 radical (unpaired) electrons. The van der Waals surface area contributed by atoms with Crippen LogP contribution in [0, 0.1) is 0 Å². The Morgan fingerprint density at radius 1 is 1.45 bits per heavy atom. The lowest BCUT2D eigenvalue weighted by molar-refractivity contribution is 0.241. The molecule has 0 saturated carbocycles. The highest BCUT2D eigenvalue weighted by Crippen LogP contribution is 2.16. The van der Waals surface area contributed by atoms with E-state index in [2.05, 4.69) is 27.3 Å². The first-order chi connectivity index (χ1) is 9.70. The predicted molar refractivity (Wildman–Crippen MR) is 76.9 cm³/mol. The first-order valence-electron chi connectivity index (χ1n) is 6.27. The minimum atomic E-state index is -0.241. The second-order valence-corrected chi connectivity index (χ2v) is 4.21. The number of aromatic nitrogens is 3. The molecule has 6 nitrogen and oxygen atoms in total. The number of hydrogen-bond acceptors (Lipinski definition) is 3. The molecule has 0 aliphatic carbocycles. The maximum Gasteiger partial charge on any atom is 0.315 e. The van der Waals surface area contributed by atoms with Gasteiger partial charge in [0.25, 0.3) is 0 Å². The lowest BCUT2D eigenvalue weighted by Gasteiger charge is -2.03. The topological polar surface area (TPSA) is 71.8 Å². The van der Waals surface area contributed by atoms with E-state index in [1.807, 2.05) is 31.3 Å². The van der Waals surface area contributed by atoms with Crippen LogP contribution in [-0.4, -0.2) is 27.3 Å². The van der Waals surface area contributed by atoms with Crippen molar-refractivity contribution < 1.29 is 4.79 Å². The van der Waals surface area contributed by atoms with Gasteiger partial charge in [-0.3, -0.25) is 9.67 Å². The number of carbonyl (C=O) groups is 1. The third kappa shape index (κ3) is 3.44. The van der Waals surface area contributed by atoms with E-state index >= 15 is 0 Å². The van der Waals surface area contributed by atoms with E-state index in [1.165, 1.54) is 0 Å². The van der Waals surface area contributed by atoms with Crippen molar-refractivity contribution in [1.29, 1.82) is 0 Å².